The van der Waals surface area contributed by atoms with Gasteiger partial charge in [-0.25, -0.2) is 9.78 Å². The molecule has 1 aromatic heterocycles. The predicted molar refractivity (Wildman–Crippen MR) is 138 cm³/mol. The van der Waals surface area contributed by atoms with Crippen molar-refractivity contribution in [2.24, 2.45) is 5.10 Å². The van der Waals surface area contributed by atoms with Gasteiger partial charge in [0.15, 0.2) is 18.2 Å². The Morgan fingerprint density at radius 3 is 2.40 bits per heavy atom. The summed E-state index contributed by atoms with van der Waals surface area (Å²) in [4.78, 5) is 29.7. The van der Waals surface area contributed by atoms with Gasteiger partial charge in [-0.3, -0.25) is 4.79 Å². The van der Waals surface area contributed by atoms with Gasteiger partial charge in [0.05, 0.1) is 33.3 Å². The van der Waals surface area contributed by atoms with E-state index in [1.807, 2.05) is 36.4 Å². The molecule has 9 heteroatoms. The zero-order valence-corrected chi connectivity index (χ0v) is 20.5. The van der Waals surface area contributed by atoms with Crippen LogP contribution in [-0.2, 0) is 9.53 Å². The number of aromatic nitrogens is 2. The number of rotatable bonds is 7. The quantitative estimate of drug-likeness (QED) is 0.239. The summed E-state index contributed by atoms with van der Waals surface area (Å²) in [6, 6.07) is 19.5. The molecule has 0 saturated heterocycles. The van der Waals surface area contributed by atoms with Crippen molar-refractivity contribution in [3.05, 3.63) is 92.7 Å². The van der Waals surface area contributed by atoms with Gasteiger partial charge in [-0.2, -0.15) is 9.78 Å². The number of para-hydroxylation sites is 1. The van der Waals surface area contributed by atoms with Crippen LogP contribution in [0.25, 0.3) is 22.3 Å². The Labute approximate surface area is 211 Å². The van der Waals surface area contributed by atoms with Crippen molar-refractivity contribution in [1.82, 2.24) is 9.66 Å². The molecular weight excluding hydrogens is 489 g/mol. The smallest absolute Gasteiger partial charge is 0.344 e. The van der Waals surface area contributed by atoms with Gasteiger partial charge in [-0.15, -0.1) is 0 Å². The first kappa shape index (κ1) is 24.4. The van der Waals surface area contributed by atoms with Crippen molar-refractivity contribution in [3.63, 3.8) is 0 Å². The fourth-order valence-electron chi connectivity index (χ4n) is 3.35. The number of hydrogen-bond acceptors (Lipinski definition) is 6. The minimum absolute atomic E-state index is 0.153. The number of carbonyl (C=O) groups excluding carboxylic acids is 1. The average Bonchev–Trinajstić information content (AvgIpc) is 2.83. The molecule has 0 aliphatic heterocycles. The molecular formula is C26H21Cl2N3O4. The van der Waals surface area contributed by atoms with E-state index in [0.717, 1.165) is 5.56 Å². The molecule has 4 rings (SSSR count). The number of halogens is 2. The molecule has 4 aromatic rings. The molecule has 0 saturated carbocycles. The van der Waals surface area contributed by atoms with Crippen LogP contribution in [0.5, 0.6) is 5.75 Å². The third-order valence-corrected chi connectivity index (χ3v) is 5.39. The van der Waals surface area contributed by atoms with E-state index < -0.39 is 5.97 Å². The van der Waals surface area contributed by atoms with Crippen molar-refractivity contribution in [2.45, 2.75) is 20.0 Å². The van der Waals surface area contributed by atoms with E-state index in [4.69, 9.17) is 32.7 Å². The van der Waals surface area contributed by atoms with Crippen LogP contribution in [0.3, 0.4) is 0 Å². The van der Waals surface area contributed by atoms with Crippen molar-refractivity contribution in [2.75, 3.05) is 6.61 Å². The fraction of sp³-hybridized carbons (Fsp3) is 0.154. The summed E-state index contributed by atoms with van der Waals surface area (Å²) in [5.41, 5.74) is 1.52. The van der Waals surface area contributed by atoms with Crippen molar-refractivity contribution in [1.29, 1.82) is 0 Å². The molecule has 0 unspecified atom stereocenters. The normalized spacial score (nSPS) is 11.3. The molecule has 35 heavy (non-hydrogen) atoms. The van der Waals surface area contributed by atoms with E-state index in [1.165, 1.54) is 10.9 Å². The van der Waals surface area contributed by atoms with Crippen LogP contribution >= 0.6 is 23.2 Å². The van der Waals surface area contributed by atoms with E-state index in [9.17, 15) is 9.59 Å². The first-order valence-electron chi connectivity index (χ1n) is 10.8. The molecule has 0 atom stereocenters. The van der Waals surface area contributed by atoms with Crippen LogP contribution in [0.15, 0.2) is 76.6 Å². The number of ether oxygens (including phenoxy) is 2. The summed E-state index contributed by atoms with van der Waals surface area (Å²) in [6.45, 7) is 3.15. The molecule has 0 radical (unpaired) electrons. The van der Waals surface area contributed by atoms with Crippen LogP contribution in [0.2, 0.25) is 10.0 Å². The zero-order chi connectivity index (χ0) is 24.9. The van der Waals surface area contributed by atoms with Crippen LogP contribution < -0.4 is 10.3 Å². The van der Waals surface area contributed by atoms with Gasteiger partial charge in [0, 0.05) is 5.56 Å². The predicted octanol–water partition coefficient (Wildman–Crippen LogP) is 5.58. The van der Waals surface area contributed by atoms with Crippen LogP contribution in [0.1, 0.15) is 19.4 Å². The SMILES string of the molecule is CC(C)OC(=O)COc1c(Cl)cc(C=Nn2c(-c3ccccc3)nc3ccccc3c2=O)cc1Cl. The molecule has 0 aliphatic rings. The fourth-order valence-corrected chi connectivity index (χ4v) is 3.96. The van der Waals surface area contributed by atoms with Gasteiger partial charge < -0.3 is 9.47 Å². The van der Waals surface area contributed by atoms with E-state index >= 15 is 0 Å². The Morgan fingerprint density at radius 1 is 1.06 bits per heavy atom. The van der Waals surface area contributed by atoms with E-state index in [1.54, 1.807) is 44.2 Å². The number of fused-ring (bicyclic) bond motifs is 1. The maximum atomic E-state index is 13.3. The zero-order valence-electron chi connectivity index (χ0n) is 18.9. The largest absolute Gasteiger partial charge is 0.479 e. The van der Waals surface area contributed by atoms with Gasteiger partial charge in [0.25, 0.3) is 5.56 Å². The minimum Gasteiger partial charge on any atom is -0.479 e. The Balaban J connectivity index is 1.69. The van der Waals surface area contributed by atoms with Crippen LogP contribution in [0.4, 0.5) is 0 Å². The van der Waals surface area contributed by atoms with Crippen molar-refractivity contribution < 1.29 is 14.3 Å². The molecule has 7 nitrogen and oxygen atoms in total. The Morgan fingerprint density at radius 2 is 1.71 bits per heavy atom. The Bertz CT molecular complexity index is 1440. The lowest BCUT2D eigenvalue weighted by Gasteiger charge is -2.12. The molecule has 0 fully saturated rings. The molecule has 0 aliphatic carbocycles. The summed E-state index contributed by atoms with van der Waals surface area (Å²) < 4.78 is 11.7. The summed E-state index contributed by atoms with van der Waals surface area (Å²) >= 11 is 12.7. The Kier molecular flexibility index (Phi) is 7.48. The third kappa shape index (κ3) is 5.70. The van der Waals surface area contributed by atoms with Gasteiger partial charge >= 0.3 is 5.97 Å². The lowest BCUT2D eigenvalue weighted by atomic mass is 10.2. The number of nitrogens with zero attached hydrogens (tertiary/aromatic N) is 3. The monoisotopic (exact) mass is 509 g/mol. The van der Waals surface area contributed by atoms with Crippen LogP contribution in [-0.4, -0.2) is 34.6 Å². The molecule has 3 aromatic carbocycles. The second kappa shape index (κ2) is 10.7. The average molecular weight is 510 g/mol. The summed E-state index contributed by atoms with van der Waals surface area (Å²) in [5.74, 6) is 0.0152. The van der Waals surface area contributed by atoms with Gasteiger partial charge in [0.2, 0.25) is 0 Å². The van der Waals surface area contributed by atoms with Crippen molar-refractivity contribution in [3.8, 4) is 17.1 Å². The highest BCUT2D eigenvalue weighted by molar-refractivity contribution is 6.37. The molecule has 178 valence electrons. The van der Waals surface area contributed by atoms with Crippen LogP contribution in [0, 0.1) is 0 Å². The second-order valence-electron chi connectivity index (χ2n) is 7.82. The maximum Gasteiger partial charge on any atom is 0.344 e. The standard InChI is InChI=1S/C26H21Cl2N3O4/c1-16(2)35-23(32)15-34-24-20(27)12-17(13-21(24)28)14-29-31-25(18-8-4-3-5-9-18)30-22-11-7-6-10-19(22)26(31)33/h3-14,16H,15H2,1-2H3. The summed E-state index contributed by atoms with van der Waals surface area (Å²) in [5, 5.41) is 5.22. The highest BCUT2D eigenvalue weighted by atomic mass is 35.5. The topological polar surface area (TPSA) is 82.8 Å². The Hall–Kier alpha value is -3.68. The molecule has 1 heterocycles. The lowest BCUT2D eigenvalue weighted by molar-refractivity contribution is -0.149. The van der Waals surface area contributed by atoms with E-state index in [0.29, 0.717) is 22.3 Å². The molecule has 0 spiro atoms. The first-order valence-corrected chi connectivity index (χ1v) is 11.5. The first-order chi connectivity index (χ1) is 16.8. The van der Waals surface area contributed by atoms with Gasteiger partial charge in [0.1, 0.15) is 0 Å². The lowest BCUT2D eigenvalue weighted by Crippen LogP contribution is -2.20. The highest BCUT2D eigenvalue weighted by Gasteiger charge is 2.14. The number of carbonyl (C=O) groups is 1. The molecule has 0 N–H and O–H groups in total. The van der Waals surface area contributed by atoms with E-state index in [-0.39, 0.29) is 34.1 Å². The maximum absolute atomic E-state index is 13.3. The summed E-state index contributed by atoms with van der Waals surface area (Å²) in [6.07, 6.45) is 1.20. The van der Waals surface area contributed by atoms with Gasteiger partial charge in [-0.05, 0) is 43.7 Å². The highest BCUT2D eigenvalue weighted by Crippen LogP contribution is 2.34. The molecule has 0 amide bonds. The minimum atomic E-state index is -0.533. The third-order valence-electron chi connectivity index (χ3n) is 4.83. The number of esters is 1. The second-order valence-corrected chi connectivity index (χ2v) is 8.64. The van der Waals surface area contributed by atoms with E-state index in [2.05, 4.69) is 10.1 Å². The summed E-state index contributed by atoms with van der Waals surface area (Å²) in [7, 11) is 0. The van der Waals surface area contributed by atoms with Crippen molar-refractivity contribution >= 4 is 46.3 Å². The number of hydrogen-bond donors (Lipinski definition) is 0. The molecule has 0 bridgehead atoms. The number of benzene rings is 3. The van der Waals surface area contributed by atoms with Gasteiger partial charge in [-0.1, -0.05) is 65.7 Å².